The van der Waals surface area contributed by atoms with E-state index < -0.39 is 17.7 Å². The van der Waals surface area contributed by atoms with Gasteiger partial charge in [-0.2, -0.15) is 0 Å². The molecule has 1 aliphatic heterocycles. The maximum absolute atomic E-state index is 13.2. The lowest BCUT2D eigenvalue weighted by Crippen LogP contribution is -2.31. The molecule has 5 nitrogen and oxygen atoms in total. The molecule has 0 radical (unpaired) electrons. The molecule has 1 unspecified atom stereocenters. The zero-order chi connectivity index (χ0) is 23.6. The van der Waals surface area contributed by atoms with E-state index in [9.17, 15) is 14.7 Å². The third-order valence-corrected chi connectivity index (χ3v) is 6.17. The van der Waals surface area contributed by atoms with Crippen molar-refractivity contribution in [3.05, 3.63) is 71.0 Å². The van der Waals surface area contributed by atoms with E-state index in [2.05, 4.69) is 32.6 Å². The number of aliphatic hydroxyl groups excluding tert-OH is 1. The fourth-order valence-corrected chi connectivity index (χ4v) is 4.23. The second kappa shape index (κ2) is 9.60. The minimum atomic E-state index is -0.659. The third kappa shape index (κ3) is 4.29. The number of hydrogen-bond donors (Lipinski definition) is 1. The number of ketones is 1. The smallest absolute Gasteiger partial charge is 0.294 e. The van der Waals surface area contributed by atoms with Crippen LogP contribution in [0.25, 0.3) is 0 Å². The molecule has 0 aliphatic carbocycles. The van der Waals surface area contributed by atoms with Crippen LogP contribution in [0.15, 0.2) is 59.9 Å². The van der Waals surface area contributed by atoms with E-state index in [0.717, 1.165) is 29.9 Å². The van der Waals surface area contributed by atoms with Gasteiger partial charge in [0.2, 0.25) is 0 Å². The molecule has 2 aromatic rings. The van der Waals surface area contributed by atoms with Gasteiger partial charge in [0.15, 0.2) is 11.5 Å². The first kappa shape index (κ1) is 23.6. The van der Waals surface area contributed by atoms with Crippen molar-refractivity contribution in [1.82, 2.24) is 0 Å². The summed E-state index contributed by atoms with van der Waals surface area (Å²) in [6, 6.07) is 15.0. The van der Waals surface area contributed by atoms with E-state index >= 15 is 0 Å². The molecule has 0 saturated carbocycles. The maximum Gasteiger partial charge on any atom is 0.294 e. The van der Waals surface area contributed by atoms with Crippen molar-refractivity contribution in [1.29, 1.82) is 0 Å². The Labute approximate surface area is 191 Å². The summed E-state index contributed by atoms with van der Waals surface area (Å²) < 4.78 is 0. The fourth-order valence-electron chi connectivity index (χ4n) is 4.23. The van der Waals surface area contributed by atoms with Crippen LogP contribution in [0.2, 0.25) is 0 Å². The second-order valence-electron chi connectivity index (χ2n) is 8.87. The lowest BCUT2D eigenvalue weighted by atomic mass is 9.91. The molecule has 2 aromatic carbocycles. The van der Waals surface area contributed by atoms with Crippen molar-refractivity contribution >= 4 is 23.1 Å². The molecule has 1 heterocycles. The molecule has 32 heavy (non-hydrogen) atoms. The minimum absolute atomic E-state index is 0.175. The maximum atomic E-state index is 13.2. The molecule has 3 rings (SSSR count). The molecule has 5 heteroatoms. The highest BCUT2D eigenvalue weighted by atomic mass is 16.3. The Bertz CT molecular complexity index is 1000. The van der Waals surface area contributed by atoms with Crippen molar-refractivity contribution < 1.29 is 14.7 Å². The summed E-state index contributed by atoms with van der Waals surface area (Å²) in [6.07, 6.45) is 0. The van der Waals surface area contributed by atoms with Gasteiger partial charge in [-0.25, -0.2) is 0 Å². The zero-order valence-corrected chi connectivity index (χ0v) is 19.9. The van der Waals surface area contributed by atoms with Crippen LogP contribution in [-0.2, 0) is 9.59 Å². The average Bonchev–Trinajstić information content (AvgIpc) is 3.05. The zero-order valence-electron chi connectivity index (χ0n) is 19.9. The van der Waals surface area contributed by atoms with Crippen LogP contribution in [0.3, 0.4) is 0 Å². The number of carbonyl (C=O) groups is 2. The highest BCUT2D eigenvalue weighted by Crippen LogP contribution is 2.42. The number of Topliss-reactive ketones (excluding diaryl/α,β-unsaturated/α-hetero) is 1. The fraction of sp³-hybridized carbons (Fsp3) is 0.407. The molecule has 170 valence electrons. The lowest BCUT2D eigenvalue weighted by Gasteiger charge is -2.28. The van der Waals surface area contributed by atoms with Gasteiger partial charge in [0.25, 0.3) is 5.91 Å². The molecular formula is C27H34N2O3. The Hall–Kier alpha value is -3.08. The van der Waals surface area contributed by atoms with Crippen LogP contribution in [0, 0.1) is 5.92 Å². The Balaban J connectivity index is 2.10. The standard InChI is InChI=1S/C27H34N2O3/c1-7-28(8-2)21-13-11-20(12-14-21)24-23(25(30)18(5)6)26(31)27(32)29(24)22-15-9-19(10-16-22)17(3)4/h9-18,24,31H,7-8H2,1-6H3. The number of amides is 1. The van der Waals surface area contributed by atoms with Gasteiger partial charge >= 0.3 is 0 Å². The topological polar surface area (TPSA) is 60.9 Å². The first-order chi connectivity index (χ1) is 15.2. The summed E-state index contributed by atoms with van der Waals surface area (Å²) in [5.41, 5.74) is 3.89. The molecule has 0 fully saturated rings. The molecule has 1 amide bonds. The van der Waals surface area contributed by atoms with Gasteiger partial charge in [0.1, 0.15) is 0 Å². The van der Waals surface area contributed by atoms with Crippen molar-refractivity contribution in [2.45, 2.75) is 53.5 Å². The first-order valence-electron chi connectivity index (χ1n) is 11.5. The Morgan fingerprint density at radius 1 is 0.969 bits per heavy atom. The normalized spacial score (nSPS) is 16.4. The number of nitrogens with zero attached hydrogens (tertiary/aromatic N) is 2. The molecule has 0 saturated heterocycles. The SMILES string of the molecule is CCN(CC)c1ccc(C2C(C(=O)C(C)C)=C(O)C(=O)N2c2ccc(C(C)C)cc2)cc1. The van der Waals surface area contributed by atoms with Gasteiger partial charge in [-0.3, -0.25) is 14.5 Å². The summed E-state index contributed by atoms with van der Waals surface area (Å²) in [4.78, 5) is 30.0. The first-order valence-corrected chi connectivity index (χ1v) is 11.5. The van der Waals surface area contributed by atoms with Crippen LogP contribution < -0.4 is 9.80 Å². The molecule has 0 bridgehead atoms. The van der Waals surface area contributed by atoms with Gasteiger partial charge in [-0.05, 0) is 55.2 Å². The van der Waals surface area contributed by atoms with E-state index in [1.807, 2.05) is 48.5 Å². The van der Waals surface area contributed by atoms with Gasteiger partial charge in [-0.15, -0.1) is 0 Å². The Kier molecular flexibility index (Phi) is 7.07. The summed E-state index contributed by atoms with van der Waals surface area (Å²) in [5, 5.41) is 10.8. The number of rotatable bonds is 8. The minimum Gasteiger partial charge on any atom is -0.503 e. The van der Waals surface area contributed by atoms with Gasteiger partial charge in [0.05, 0.1) is 11.6 Å². The average molecular weight is 435 g/mol. The molecule has 1 aliphatic rings. The number of anilines is 2. The number of benzene rings is 2. The van der Waals surface area contributed by atoms with E-state index in [1.165, 1.54) is 0 Å². The number of aliphatic hydroxyl groups is 1. The molecule has 1 N–H and O–H groups in total. The monoisotopic (exact) mass is 434 g/mol. The predicted molar refractivity (Wildman–Crippen MR) is 130 cm³/mol. The highest BCUT2D eigenvalue weighted by molar-refractivity contribution is 6.16. The van der Waals surface area contributed by atoms with Gasteiger partial charge < -0.3 is 10.0 Å². The third-order valence-electron chi connectivity index (χ3n) is 6.17. The quantitative estimate of drug-likeness (QED) is 0.572. The largest absolute Gasteiger partial charge is 0.503 e. The van der Waals surface area contributed by atoms with Crippen LogP contribution in [0.4, 0.5) is 11.4 Å². The van der Waals surface area contributed by atoms with Gasteiger partial charge in [-0.1, -0.05) is 52.0 Å². The van der Waals surface area contributed by atoms with Crippen LogP contribution in [-0.4, -0.2) is 29.9 Å². The summed E-state index contributed by atoms with van der Waals surface area (Å²) in [5.74, 6) is -1.17. The van der Waals surface area contributed by atoms with Crippen molar-refractivity contribution in [2.75, 3.05) is 22.9 Å². The van der Waals surface area contributed by atoms with Crippen molar-refractivity contribution in [3.8, 4) is 0 Å². The predicted octanol–water partition coefficient (Wildman–Crippen LogP) is 5.78. The summed E-state index contributed by atoms with van der Waals surface area (Å²) in [6.45, 7) is 13.8. The Morgan fingerprint density at radius 3 is 2.00 bits per heavy atom. The molecule has 1 atom stereocenters. The lowest BCUT2D eigenvalue weighted by molar-refractivity contribution is -0.119. The van der Waals surface area contributed by atoms with Crippen LogP contribution in [0.5, 0.6) is 0 Å². The Morgan fingerprint density at radius 2 is 1.53 bits per heavy atom. The highest BCUT2D eigenvalue weighted by Gasteiger charge is 2.44. The van der Waals surface area contributed by atoms with E-state index in [-0.39, 0.29) is 17.3 Å². The number of hydrogen-bond acceptors (Lipinski definition) is 4. The van der Waals surface area contributed by atoms with Gasteiger partial charge in [0, 0.05) is 30.4 Å². The van der Waals surface area contributed by atoms with Crippen molar-refractivity contribution in [3.63, 3.8) is 0 Å². The van der Waals surface area contributed by atoms with Crippen LogP contribution in [0.1, 0.15) is 64.6 Å². The summed E-state index contributed by atoms with van der Waals surface area (Å²) in [7, 11) is 0. The second-order valence-corrected chi connectivity index (χ2v) is 8.87. The molecule has 0 aromatic heterocycles. The van der Waals surface area contributed by atoms with Crippen molar-refractivity contribution in [2.24, 2.45) is 5.92 Å². The van der Waals surface area contributed by atoms with E-state index in [1.54, 1.807) is 18.7 Å². The van der Waals surface area contributed by atoms with E-state index in [4.69, 9.17) is 0 Å². The van der Waals surface area contributed by atoms with E-state index in [0.29, 0.717) is 11.6 Å². The van der Waals surface area contributed by atoms with Crippen LogP contribution >= 0.6 is 0 Å². The molecule has 0 spiro atoms. The summed E-state index contributed by atoms with van der Waals surface area (Å²) >= 11 is 0. The molecular weight excluding hydrogens is 400 g/mol. The number of carbonyl (C=O) groups excluding carboxylic acids is 2.